The molecule has 0 amide bonds. The average molecular weight is 503 g/mol. The lowest BCUT2D eigenvalue weighted by Gasteiger charge is -2.09. The van der Waals surface area contributed by atoms with Crippen LogP contribution in [0.15, 0.2) is 17.0 Å². The van der Waals surface area contributed by atoms with Gasteiger partial charge in [0, 0.05) is 6.42 Å². The highest BCUT2D eigenvalue weighted by Gasteiger charge is 2.20. The molecular formula is C23H38N2O6S2. The summed E-state index contributed by atoms with van der Waals surface area (Å²) in [6.07, 6.45) is 13.4. The molecule has 0 aliphatic carbocycles. The fourth-order valence-corrected chi connectivity index (χ4v) is 4.93. The van der Waals surface area contributed by atoms with Gasteiger partial charge in [-0.1, -0.05) is 64.7 Å². The van der Waals surface area contributed by atoms with E-state index in [0.717, 1.165) is 25.1 Å². The minimum atomic E-state index is -4.43. The standard InChI is InChI=1S/C23H38N2O6S2/c1-3-4-5-6-7-8-9-10-11-12-13-22-24-21-17-20(33(29,30)31)16-19(23(21)25-22)15-14-18(2)32(26,27)28/h16-18H,3-15H2,1-2H3,(H,24,25)(H,26,27,28)(H,29,30,31). The number of aromatic amines is 1. The number of H-pyrrole nitrogens is 1. The Bertz CT molecular complexity index is 1090. The van der Waals surface area contributed by atoms with E-state index >= 15 is 0 Å². The summed E-state index contributed by atoms with van der Waals surface area (Å²) in [7, 11) is -8.61. The Balaban J connectivity index is 1.98. The van der Waals surface area contributed by atoms with Gasteiger partial charge in [-0.2, -0.15) is 16.8 Å². The second kappa shape index (κ2) is 12.8. The molecule has 0 aliphatic heterocycles. The fourth-order valence-electron chi connectivity index (χ4n) is 3.96. The Morgan fingerprint density at radius 2 is 1.45 bits per heavy atom. The summed E-state index contributed by atoms with van der Waals surface area (Å²) in [5.41, 5.74) is 1.59. The first kappa shape index (κ1) is 27.8. The van der Waals surface area contributed by atoms with Crippen LogP contribution >= 0.6 is 0 Å². The van der Waals surface area contributed by atoms with E-state index < -0.39 is 25.5 Å². The van der Waals surface area contributed by atoms with Crippen LogP contribution in [-0.4, -0.2) is 41.2 Å². The summed E-state index contributed by atoms with van der Waals surface area (Å²) in [4.78, 5) is 7.46. The van der Waals surface area contributed by atoms with Crippen LogP contribution in [0.4, 0.5) is 0 Å². The zero-order chi connectivity index (χ0) is 24.5. The minimum Gasteiger partial charge on any atom is -0.342 e. The Morgan fingerprint density at radius 3 is 2.00 bits per heavy atom. The molecule has 0 radical (unpaired) electrons. The lowest BCUT2D eigenvalue weighted by molar-refractivity contribution is 0.465. The summed E-state index contributed by atoms with van der Waals surface area (Å²) in [6, 6.07) is 2.65. The molecule has 8 nitrogen and oxygen atoms in total. The van der Waals surface area contributed by atoms with E-state index in [-0.39, 0.29) is 17.7 Å². The summed E-state index contributed by atoms with van der Waals surface area (Å²) in [5, 5.41) is -0.990. The van der Waals surface area contributed by atoms with E-state index in [1.165, 1.54) is 70.4 Å². The first-order valence-electron chi connectivity index (χ1n) is 12.0. The molecule has 10 heteroatoms. The molecular weight excluding hydrogens is 464 g/mol. The number of imidazole rings is 1. The van der Waals surface area contributed by atoms with Crippen LogP contribution in [-0.2, 0) is 33.1 Å². The number of aromatic nitrogens is 2. The number of hydrogen-bond donors (Lipinski definition) is 3. The topological polar surface area (TPSA) is 137 Å². The first-order valence-corrected chi connectivity index (χ1v) is 14.9. The maximum atomic E-state index is 11.7. The number of benzene rings is 1. The third-order valence-electron chi connectivity index (χ3n) is 6.09. The lowest BCUT2D eigenvalue weighted by Crippen LogP contribution is -2.17. The van der Waals surface area contributed by atoms with Crippen LogP contribution in [0.1, 0.15) is 95.9 Å². The van der Waals surface area contributed by atoms with Gasteiger partial charge in [0.15, 0.2) is 0 Å². The van der Waals surface area contributed by atoms with Gasteiger partial charge in [0.1, 0.15) is 5.82 Å². The smallest absolute Gasteiger partial charge is 0.294 e. The second-order valence-corrected chi connectivity index (χ2v) is 12.2. The molecule has 1 unspecified atom stereocenters. The largest absolute Gasteiger partial charge is 0.342 e. The van der Waals surface area contributed by atoms with Gasteiger partial charge in [-0.3, -0.25) is 9.11 Å². The zero-order valence-electron chi connectivity index (χ0n) is 19.7. The Labute approximate surface area is 198 Å². The zero-order valence-corrected chi connectivity index (χ0v) is 21.3. The molecule has 188 valence electrons. The summed E-state index contributed by atoms with van der Waals surface area (Å²) >= 11 is 0. The molecule has 2 rings (SSSR count). The van der Waals surface area contributed by atoms with Crippen molar-refractivity contribution in [1.29, 1.82) is 0 Å². The van der Waals surface area contributed by atoms with Crippen molar-refractivity contribution in [3.05, 3.63) is 23.5 Å². The molecule has 0 saturated carbocycles. The molecule has 1 aromatic heterocycles. The van der Waals surface area contributed by atoms with Crippen molar-refractivity contribution < 1.29 is 25.9 Å². The van der Waals surface area contributed by atoms with Gasteiger partial charge in [-0.05, 0) is 43.9 Å². The third kappa shape index (κ3) is 9.35. The van der Waals surface area contributed by atoms with Crippen LogP contribution in [0.5, 0.6) is 0 Å². The Kier molecular flexibility index (Phi) is 10.8. The highest BCUT2D eigenvalue weighted by atomic mass is 32.2. The van der Waals surface area contributed by atoms with E-state index in [4.69, 9.17) is 0 Å². The molecule has 1 heterocycles. The number of aryl methyl sites for hydroxylation is 2. The molecule has 0 spiro atoms. The SMILES string of the molecule is CCCCCCCCCCCCc1nc2cc(S(=O)(=O)O)cc(CCC(C)S(=O)(=O)O)c2[nH]1. The maximum absolute atomic E-state index is 11.7. The molecule has 33 heavy (non-hydrogen) atoms. The van der Waals surface area contributed by atoms with E-state index in [0.29, 0.717) is 16.6 Å². The number of unbranched alkanes of at least 4 members (excludes halogenated alkanes) is 9. The Hall–Kier alpha value is -1.49. The number of rotatable bonds is 16. The van der Waals surface area contributed by atoms with Crippen molar-refractivity contribution in [2.45, 2.75) is 107 Å². The van der Waals surface area contributed by atoms with Gasteiger partial charge in [0.2, 0.25) is 0 Å². The number of nitrogens with one attached hydrogen (secondary N) is 1. The van der Waals surface area contributed by atoms with Gasteiger partial charge in [-0.25, -0.2) is 4.98 Å². The fraction of sp³-hybridized carbons (Fsp3) is 0.696. The van der Waals surface area contributed by atoms with E-state index in [1.54, 1.807) is 0 Å². The quantitative estimate of drug-likeness (QED) is 0.204. The second-order valence-electron chi connectivity index (χ2n) is 8.93. The summed E-state index contributed by atoms with van der Waals surface area (Å²) in [6.45, 7) is 3.61. The molecule has 0 fully saturated rings. The van der Waals surface area contributed by atoms with Gasteiger partial charge < -0.3 is 4.98 Å². The highest BCUT2D eigenvalue weighted by Crippen LogP contribution is 2.25. The average Bonchev–Trinajstić information content (AvgIpc) is 3.14. The van der Waals surface area contributed by atoms with E-state index in [2.05, 4.69) is 16.9 Å². The molecule has 1 atom stereocenters. The number of hydrogen-bond acceptors (Lipinski definition) is 5. The highest BCUT2D eigenvalue weighted by molar-refractivity contribution is 7.86. The number of fused-ring (bicyclic) bond motifs is 1. The van der Waals surface area contributed by atoms with Crippen LogP contribution in [0, 0.1) is 0 Å². The predicted molar refractivity (Wildman–Crippen MR) is 131 cm³/mol. The number of nitrogens with zero attached hydrogens (tertiary/aromatic N) is 1. The maximum Gasteiger partial charge on any atom is 0.294 e. The van der Waals surface area contributed by atoms with Gasteiger partial charge in [0.25, 0.3) is 20.2 Å². The molecule has 1 aromatic carbocycles. The normalized spacial score (nSPS) is 13.6. The molecule has 3 N–H and O–H groups in total. The monoisotopic (exact) mass is 502 g/mol. The van der Waals surface area contributed by atoms with Crippen molar-refractivity contribution in [2.75, 3.05) is 0 Å². The van der Waals surface area contributed by atoms with Crippen LogP contribution in [0.2, 0.25) is 0 Å². The minimum absolute atomic E-state index is 0.107. The van der Waals surface area contributed by atoms with Crippen molar-refractivity contribution in [1.82, 2.24) is 9.97 Å². The predicted octanol–water partition coefficient (Wildman–Crippen LogP) is 5.48. The van der Waals surface area contributed by atoms with Crippen molar-refractivity contribution in [3.63, 3.8) is 0 Å². The Morgan fingerprint density at radius 1 is 0.879 bits per heavy atom. The van der Waals surface area contributed by atoms with Gasteiger partial charge in [0.05, 0.1) is 21.2 Å². The van der Waals surface area contributed by atoms with Crippen molar-refractivity contribution in [2.24, 2.45) is 0 Å². The summed E-state index contributed by atoms with van der Waals surface area (Å²) in [5.74, 6) is 0.737. The van der Waals surface area contributed by atoms with E-state index in [9.17, 15) is 25.9 Å². The summed E-state index contributed by atoms with van der Waals surface area (Å²) < 4.78 is 64.7. The lowest BCUT2D eigenvalue weighted by atomic mass is 10.1. The van der Waals surface area contributed by atoms with Gasteiger partial charge in [-0.15, -0.1) is 0 Å². The molecule has 0 aliphatic rings. The van der Waals surface area contributed by atoms with Crippen LogP contribution in [0.25, 0.3) is 11.0 Å². The molecule has 2 aromatic rings. The van der Waals surface area contributed by atoms with E-state index in [1.807, 2.05) is 0 Å². The van der Waals surface area contributed by atoms with Crippen molar-refractivity contribution in [3.8, 4) is 0 Å². The van der Waals surface area contributed by atoms with Crippen LogP contribution < -0.4 is 0 Å². The van der Waals surface area contributed by atoms with Gasteiger partial charge >= 0.3 is 0 Å². The van der Waals surface area contributed by atoms with Crippen molar-refractivity contribution >= 4 is 31.3 Å². The third-order valence-corrected chi connectivity index (χ3v) is 8.18. The first-order chi connectivity index (χ1) is 15.5. The molecule has 0 saturated heterocycles. The van der Waals surface area contributed by atoms with Crippen LogP contribution in [0.3, 0.4) is 0 Å². The molecule has 0 bridgehead atoms.